The van der Waals surface area contributed by atoms with Crippen molar-refractivity contribution in [2.75, 3.05) is 45.4 Å². The second kappa shape index (κ2) is 7.54. The van der Waals surface area contributed by atoms with E-state index >= 15 is 0 Å². The molecule has 2 unspecified atom stereocenters. The molecule has 1 fully saturated rings. The monoisotopic (exact) mass is 247 g/mol. The van der Waals surface area contributed by atoms with Crippen LogP contribution in [-0.2, 0) is 9.47 Å². The molecule has 1 saturated heterocycles. The molecule has 0 aromatic rings. The lowest BCUT2D eigenvalue weighted by atomic mass is 9.79. The van der Waals surface area contributed by atoms with Gasteiger partial charge in [-0.15, -0.1) is 0 Å². The standard InChI is InChI=1S/C12H25NO2S/c1-11-12(4-7-15-11,5-9-16-3)10-13-6-8-14-2/h11,13H,4-10H2,1-3H3. The number of ether oxygens (including phenoxy) is 2. The quantitative estimate of drug-likeness (QED) is 0.662. The lowest BCUT2D eigenvalue weighted by Gasteiger charge is -2.32. The molecule has 0 aromatic carbocycles. The van der Waals surface area contributed by atoms with Gasteiger partial charge >= 0.3 is 0 Å². The summed E-state index contributed by atoms with van der Waals surface area (Å²) in [6.07, 6.45) is 4.99. The summed E-state index contributed by atoms with van der Waals surface area (Å²) in [5, 5.41) is 3.49. The van der Waals surface area contributed by atoms with Gasteiger partial charge in [-0.1, -0.05) is 0 Å². The Morgan fingerprint density at radius 2 is 2.38 bits per heavy atom. The molecule has 0 aromatic heterocycles. The summed E-state index contributed by atoms with van der Waals surface area (Å²) in [6.45, 7) is 5.91. The molecule has 0 spiro atoms. The number of hydrogen-bond acceptors (Lipinski definition) is 4. The van der Waals surface area contributed by atoms with Gasteiger partial charge in [0.05, 0.1) is 12.7 Å². The van der Waals surface area contributed by atoms with Crippen LogP contribution < -0.4 is 5.32 Å². The van der Waals surface area contributed by atoms with Gasteiger partial charge in [0.1, 0.15) is 0 Å². The highest BCUT2D eigenvalue weighted by atomic mass is 32.2. The average molecular weight is 247 g/mol. The van der Waals surface area contributed by atoms with Gasteiger partial charge in [-0.25, -0.2) is 0 Å². The molecule has 0 bridgehead atoms. The molecule has 0 amide bonds. The molecule has 4 heteroatoms. The van der Waals surface area contributed by atoms with Crippen LogP contribution in [-0.4, -0.2) is 51.5 Å². The van der Waals surface area contributed by atoms with Crippen LogP contribution in [0.2, 0.25) is 0 Å². The van der Waals surface area contributed by atoms with E-state index in [0.717, 1.165) is 26.3 Å². The lowest BCUT2D eigenvalue weighted by Crippen LogP contribution is -2.41. The summed E-state index contributed by atoms with van der Waals surface area (Å²) in [5.41, 5.74) is 0.344. The number of nitrogens with one attached hydrogen (secondary N) is 1. The van der Waals surface area contributed by atoms with Crippen LogP contribution in [0.15, 0.2) is 0 Å². The summed E-state index contributed by atoms with van der Waals surface area (Å²) < 4.78 is 10.8. The van der Waals surface area contributed by atoms with Gasteiger partial charge < -0.3 is 14.8 Å². The van der Waals surface area contributed by atoms with Crippen molar-refractivity contribution in [1.82, 2.24) is 5.32 Å². The van der Waals surface area contributed by atoms with Gasteiger partial charge in [0.25, 0.3) is 0 Å². The third-order valence-corrected chi connectivity index (χ3v) is 4.21. The maximum absolute atomic E-state index is 5.74. The summed E-state index contributed by atoms with van der Waals surface area (Å²) in [4.78, 5) is 0. The first-order valence-electron chi connectivity index (χ1n) is 6.05. The van der Waals surface area contributed by atoms with Crippen molar-refractivity contribution in [3.8, 4) is 0 Å². The van der Waals surface area contributed by atoms with Gasteiger partial charge in [0.2, 0.25) is 0 Å². The van der Waals surface area contributed by atoms with Gasteiger partial charge in [-0.3, -0.25) is 0 Å². The average Bonchev–Trinajstić information content (AvgIpc) is 2.64. The molecule has 0 saturated carbocycles. The van der Waals surface area contributed by atoms with E-state index in [-0.39, 0.29) is 0 Å². The Kier molecular flexibility index (Phi) is 6.73. The van der Waals surface area contributed by atoms with E-state index in [9.17, 15) is 0 Å². The molecule has 0 radical (unpaired) electrons. The first kappa shape index (κ1) is 14.3. The van der Waals surface area contributed by atoms with Crippen molar-refractivity contribution >= 4 is 11.8 Å². The Hall–Kier alpha value is 0.230. The SMILES string of the molecule is COCCNCC1(CCSC)CCOC1C. The van der Waals surface area contributed by atoms with Gasteiger partial charge in [0, 0.05) is 32.2 Å². The maximum Gasteiger partial charge on any atom is 0.0616 e. The van der Waals surface area contributed by atoms with E-state index in [1.807, 2.05) is 11.8 Å². The minimum Gasteiger partial charge on any atom is -0.383 e. The molecule has 96 valence electrons. The van der Waals surface area contributed by atoms with Crippen LogP contribution in [0.5, 0.6) is 0 Å². The van der Waals surface area contributed by atoms with E-state index < -0.39 is 0 Å². The second-order valence-corrected chi connectivity index (χ2v) is 5.52. The zero-order chi connectivity index (χ0) is 11.9. The van der Waals surface area contributed by atoms with Crippen molar-refractivity contribution in [3.63, 3.8) is 0 Å². The highest BCUT2D eigenvalue weighted by molar-refractivity contribution is 7.98. The van der Waals surface area contributed by atoms with Crippen LogP contribution >= 0.6 is 11.8 Å². The zero-order valence-corrected chi connectivity index (χ0v) is 11.6. The highest BCUT2D eigenvalue weighted by Gasteiger charge is 2.40. The lowest BCUT2D eigenvalue weighted by molar-refractivity contribution is 0.0605. The fourth-order valence-corrected chi connectivity index (χ4v) is 2.90. The fraction of sp³-hybridized carbons (Fsp3) is 1.00. The molecule has 16 heavy (non-hydrogen) atoms. The third kappa shape index (κ3) is 3.91. The topological polar surface area (TPSA) is 30.5 Å². The van der Waals surface area contributed by atoms with Crippen molar-refractivity contribution in [1.29, 1.82) is 0 Å². The summed E-state index contributed by atoms with van der Waals surface area (Å²) >= 11 is 1.92. The first-order chi connectivity index (χ1) is 7.75. The first-order valence-corrected chi connectivity index (χ1v) is 7.45. The minimum atomic E-state index is 0.344. The van der Waals surface area contributed by atoms with Crippen molar-refractivity contribution in [2.45, 2.75) is 25.9 Å². The molecule has 3 nitrogen and oxygen atoms in total. The van der Waals surface area contributed by atoms with Gasteiger partial charge in [-0.05, 0) is 31.8 Å². The second-order valence-electron chi connectivity index (χ2n) is 4.54. The molecule has 1 aliphatic heterocycles. The zero-order valence-electron chi connectivity index (χ0n) is 10.8. The van der Waals surface area contributed by atoms with Crippen LogP contribution in [0.3, 0.4) is 0 Å². The van der Waals surface area contributed by atoms with Crippen LogP contribution in [0.25, 0.3) is 0 Å². The van der Waals surface area contributed by atoms with Gasteiger partial charge in [0.15, 0.2) is 0 Å². The molecule has 1 rings (SSSR count). The molecular formula is C12H25NO2S. The Morgan fingerprint density at radius 1 is 1.56 bits per heavy atom. The van der Waals surface area contributed by atoms with Crippen molar-refractivity contribution in [3.05, 3.63) is 0 Å². The summed E-state index contributed by atoms with van der Waals surface area (Å²) in [5.74, 6) is 1.22. The number of thioether (sulfide) groups is 1. The fourth-order valence-electron chi connectivity index (χ4n) is 2.28. The highest BCUT2D eigenvalue weighted by Crippen LogP contribution is 2.38. The third-order valence-electron chi connectivity index (χ3n) is 3.59. The number of rotatable bonds is 8. The summed E-state index contributed by atoms with van der Waals surface area (Å²) in [6, 6.07) is 0. The van der Waals surface area contributed by atoms with Crippen LogP contribution in [0.4, 0.5) is 0 Å². The molecule has 2 atom stereocenters. The number of hydrogen-bond donors (Lipinski definition) is 1. The molecule has 1 N–H and O–H groups in total. The van der Waals surface area contributed by atoms with Gasteiger partial charge in [-0.2, -0.15) is 11.8 Å². The minimum absolute atomic E-state index is 0.344. The smallest absolute Gasteiger partial charge is 0.0616 e. The Balaban J connectivity index is 2.37. The molecule has 0 aliphatic carbocycles. The van der Waals surface area contributed by atoms with E-state index in [2.05, 4.69) is 18.5 Å². The molecule has 1 aliphatic rings. The maximum atomic E-state index is 5.74. The number of methoxy groups -OCH3 is 1. The van der Waals surface area contributed by atoms with E-state index in [0.29, 0.717) is 11.5 Å². The Bertz CT molecular complexity index is 192. The predicted octanol–water partition coefficient (Wildman–Crippen LogP) is 1.77. The predicted molar refractivity (Wildman–Crippen MR) is 70.2 cm³/mol. The van der Waals surface area contributed by atoms with Crippen molar-refractivity contribution < 1.29 is 9.47 Å². The Labute approximate surface area is 104 Å². The largest absolute Gasteiger partial charge is 0.383 e. The molecular weight excluding hydrogens is 222 g/mol. The van der Waals surface area contributed by atoms with Crippen LogP contribution in [0.1, 0.15) is 19.8 Å². The van der Waals surface area contributed by atoms with E-state index in [1.54, 1.807) is 7.11 Å². The van der Waals surface area contributed by atoms with E-state index in [4.69, 9.17) is 9.47 Å². The summed E-state index contributed by atoms with van der Waals surface area (Å²) in [7, 11) is 1.74. The normalized spacial score (nSPS) is 29.8. The molecule has 1 heterocycles. The Morgan fingerprint density at radius 3 is 2.94 bits per heavy atom. The van der Waals surface area contributed by atoms with E-state index in [1.165, 1.54) is 18.6 Å². The van der Waals surface area contributed by atoms with Crippen molar-refractivity contribution in [2.24, 2.45) is 5.41 Å². The van der Waals surface area contributed by atoms with Crippen LogP contribution in [0, 0.1) is 5.41 Å².